The van der Waals surface area contributed by atoms with E-state index in [0.29, 0.717) is 12.6 Å². The van der Waals surface area contributed by atoms with E-state index in [9.17, 15) is 4.79 Å². The smallest absolute Gasteiger partial charge is 0.323 e. The zero-order chi connectivity index (χ0) is 14.3. The van der Waals surface area contributed by atoms with Gasteiger partial charge in [0.25, 0.3) is 0 Å². The lowest BCUT2D eigenvalue weighted by atomic mass is 10.1. The van der Waals surface area contributed by atoms with Crippen molar-refractivity contribution in [2.45, 2.75) is 58.5 Å². The van der Waals surface area contributed by atoms with Crippen molar-refractivity contribution in [1.29, 1.82) is 0 Å². The summed E-state index contributed by atoms with van der Waals surface area (Å²) in [7, 11) is 2.17. The van der Waals surface area contributed by atoms with Gasteiger partial charge in [0.1, 0.15) is 6.04 Å². The third-order valence-electron chi connectivity index (χ3n) is 3.94. The van der Waals surface area contributed by atoms with Crippen LogP contribution < -0.4 is 0 Å². The van der Waals surface area contributed by atoms with Gasteiger partial charge >= 0.3 is 5.97 Å². The Bertz CT molecular complexity index is 271. The molecule has 2 unspecified atom stereocenters. The van der Waals surface area contributed by atoms with Gasteiger partial charge < -0.3 is 9.64 Å². The van der Waals surface area contributed by atoms with E-state index in [1.165, 1.54) is 0 Å². The molecule has 19 heavy (non-hydrogen) atoms. The van der Waals surface area contributed by atoms with Crippen LogP contribution in [0.4, 0.5) is 0 Å². The molecule has 0 N–H and O–H groups in total. The average Bonchev–Trinajstić information content (AvgIpc) is 2.57. The summed E-state index contributed by atoms with van der Waals surface area (Å²) >= 11 is 0. The standard InChI is InChI=1S/C15H30N2O2/c1-5-9-14(15(18)19-7-3)17-11-8-10-16(4)12-13(17)6-2/h13-14H,5-12H2,1-4H3. The Morgan fingerprint density at radius 2 is 2.05 bits per heavy atom. The molecule has 4 heteroatoms. The number of ether oxygens (including phenoxy) is 1. The highest BCUT2D eigenvalue weighted by molar-refractivity contribution is 5.75. The molecule has 112 valence electrons. The van der Waals surface area contributed by atoms with Gasteiger partial charge in [-0.1, -0.05) is 20.3 Å². The van der Waals surface area contributed by atoms with E-state index in [0.717, 1.165) is 45.3 Å². The van der Waals surface area contributed by atoms with Crippen molar-refractivity contribution >= 4 is 5.97 Å². The first-order valence-electron chi connectivity index (χ1n) is 7.74. The minimum atomic E-state index is -0.0543. The zero-order valence-electron chi connectivity index (χ0n) is 13.0. The zero-order valence-corrected chi connectivity index (χ0v) is 13.0. The molecule has 0 aromatic heterocycles. The molecule has 0 aromatic rings. The summed E-state index contributed by atoms with van der Waals surface area (Å²) in [4.78, 5) is 17.0. The first-order valence-corrected chi connectivity index (χ1v) is 7.74. The monoisotopic (exact) mass is 270 g/mol. The van der Waals surface area contributed by atoms with Crippen molar-refractivity contribution in [1.82, 2.24) is 9.80 Å². The fourth-order valence-electron chi connectivity index (χ4n) is 2.97. The molecule has 1 fully saturated rings. The first-order chi connectivity index (χ1) is 9.13. The fraction of sp³-hybridized carbons (Fsp3) is 0.933. The van der Waals surface area contributed by atoms with E-state index in [1.807, 2.05) is 6.92 Å². The van der Waals surface area contributed by atoms with Gasteiger partial charge in [0, 0.05) is 19.1 Å². The van der Waals surface area contributed by atoms with Crippen LogP contribution in [0.25, 0.3) is 0 Å². The van der Waals surface area contributed by atoms with Crippen LogP contribution >= 0.6 is 0 Å². The topological polar surface area (TPSA) is 32.8 Å². The van der Waals surface area contributed by atoms with Crippen LogP contribution in [-0.4, -0.2) is 61.1 Å². The molecule has 0 saturated carbocycles. The number of esters is 1. The molecule has 1 aliphatic rings. The normalized spacial score (nSPS) is 23.9. The van der Waals surface area contributed by atoms with Gasteiger partial charge in [0.05, 0.1) is 6.61 Å². The predicted octanol–water partition coefficient (Wildman–Crippen LogP) is 2.13. The largest absolute Gasteiger partial charge is 0.465 e. The number of nitrogens with zero attached hydrogens (tertiary/aromatic N) is 2. The first kappa shape index (κ1) is 16.4. The second kappa shape index (κ2) is 8.54. The van der Waals surface area contributed by atoms with Crippen LogP contribution in [0.15, 0.2) is 0 Å². The minimum absolute atomic E-state index is 0.0349. The molecular weight excluding hydrogens is 240 g/mol. The lowest BCUT2D eigenvalue weighted by Gasteiger charge is -2.35. The molecule has 0 aliphatic carbocycles. The fourth-order valence-corrected chi connectivity index (χ4v) is 2.97. The van der Waals surface area contributed by atoms with Crippen molar-refractivity contribution in [2.75, 3.05) is 33.3 Å². The molecule has 4 nitrogen and oxygen atoms in total. The Labute approximate surface area is 118 Å². The summed E-state index contributed by atoms with van der Waals surface area (Å²) in [6.07, 6.45) is 4.14. The average molecular weight is 270 g/mol. The molecule has 1 rings (SSSR count). The Kier molecular flexibility index (Phi) is 7.39. The Morgan fingerprint density at radius 3 is 2.63 bits per heavy atom. The number of hydrogen-bond donors (Lipinski definition) is 0. The molecule has 0 aromatic carbocycles. The lowest BCUT2D eigenvalue weighted by molar-refractivity contribution is -0.151. The number of rotatable bonds is 6. The summed E-state index contributed by atoms with van der Waals surface area (Å²) in [6, 6.07) is 0.412. The molecule has 0 bridgehead atoms. The van der Waals surface area contributed by atoms with Crippen LogP contribution in [0, 0.1) is 0 Å². The van der Waals surface area contributed by atoms with Gasteiger partial charge in [0.2, 0.25) is 0 Å². The van der Waals surface area contributed by atoms with Crippen molar-refractivity contribution < 1.29 is 9.53 Å². The summed E-state index contributed by atoms with van der Waals surface area (Å²) in [5.41, 5.74) is 0. The van der Waals surface area contributed by atoms with E-state index in [4.69, 9.17) is 4.74 Å². The summed E-state index contributed by atoms with van der Waals surface area (Å²) in [5.74, 6) is -0.0349. The van der Waals surface area contributed by atoms with Crippen LogP contribution in [0.5, 0.6) is 0 Å². The number of likely N-dealkylation sites (N-methyl/N-ethyl adjacent to an activating group) is 1. The number of hydrogen-bond acceptors (Lipinski definition) is 4. The molecule has 1 heterocycles. The van der Waals surface area contributed by atoms with Gasteiger partial charge in [-0.3, -0.25) is 9.69 Å². The SMILES string of the molecule is CCCC(C(=O)OCC)N1CCCN(C)CC1CC. The molecule has 2 atom stereocenters. The van der Waals surface area contributed by atoms with Crippen LogP contribution in [0.3, 0.4) is 0 Å². The van der Waals surface area contributed by atoms with Gasteiger partial charge in [-0.05, 0) is 39.8 Å². The summed E-state index contributed by atoms with van der Waals surface area (Å²) in [5, 5.41) is 0. The third kappa shape index (κ3) is 4.77. The van der Waals surface area contributed by atoms with Crippen LogP contribution in [0.2, 0.25) is 0 Å². The van der Waals surface area contributed by atoms with E-state index >= 15 is 0 Å². The van der Waals surface area contributed by atoms with Crippen molar-refractivity contribution in [3.05, 3.63) is 0 Å². The number of carbonyl (C=O) groups excluding carboxylic acids is 1. The quantitative estimate of drug-likeness (QED) is 0.692. The highest BCUT2D eigenvalue weighted by Gasteiger charge is 2.32. The van der Waals surface area contributed by atoms with Gasteiger partial charge in [-0.15, -0.1) is 0 Å². The van der Waals surface area contributed by atoms with Crippen LogP contribution in [0.1, 0.15) is 46.5 Å². The third-order valence-corrected chi connectivity index (χ3v) is 3.94. The van der Waals surface area contributed by atoms with E-state index < -0.39 is 0 Å². The maximum atomic E-state index is 12.2. The highest BCUT2D eigenvalue weighted by atomic mass is 16.5. The highest BCUT2D eigenvalue weighted by Crippen LogP contribution is 2.19. The molecule has 0 spiro atoms. The van der Waals surface area contributed by atoms with E-state index in [-0.39, 0.29) is 12.0 Å². The van der Waals surface area contributed by atoms with Gasteiger partial charge in [-0.25, -0.2) is 0 Å². The second-order valence-corrected chi connectivity index (χ2v) is 5.47. The van der Waals surface area contributed by atoms with Crippen molar-refractivity contribution in [3.63, 3.8) is 0 Å². The molecular formula is C15H30N2O2. The Morgan fingerprint density at radius 1 is 1.32 bits per heavy atom. The van der Waals surface area contributed by atoms with Gasteiger partial charge in [-0.2, -0.15) is 0 Å². The van der Waals surface area contributed by atoms with Crippen LogP contribution in [-0.2, 0) is 9.53 Å². The lowest BCUT2D eigenvalue weighted by Crippen LogP contribution is -2.50. The molecule has 0 radical (unpaired) electrons. The maximum Gasteiger partial charge on any atom is 0.323 e. The molecule has 1 aliphatic heterocycles. The van der Waals surface area contributed by atoms with E-state index in [1.54, 1.807) is 0 Å². The van der Waals surface area contributed by atoms with Crippen molar-refractivity contribution in [3.8, 4) is 0 Å². The van der Waals surface area contributed by atoms with Gasteiger partial charge in [0.15, 0.2) is 0 Å². The summed E-state index contributed by atoms with van der Waals surface area (Å²) < 4.78 is 5.28. The second-order valence-electron chi connectivity index (χ2n) is 5.47. The molecule has 1 saturated heterocycles. The Hall–Kier alpha value is -0.610. The summed E-state index contributed by atoms with van der Waals surface area (Å²) in [6.45, 7) is 9.89. The minimum Gasteiger partial charge on any atom is -0.465 e. The van der Waals surface area contributed by atoms with Crippen molar-refractivity contribution in [2.24, 2.45) is 0 Å². The number of carbonyl (C=O) groups is 1. The maximum absolute atomic E-state index is 12.2. The molecule has 0 amide bonds. The predicted molar refractivity (Wildman–Crippen MR) is 78.2 cm³/mol. The Balaban J connectivity index is 2.81. The van der Waals surface area contributed by atoms with E-state index in [2.05, 4.69) is 30.7 Å².